The van der Waals surface area contributed by atoms with Crippen molar-refractivity contribution in [3.63, 3.8) is 0 Å². The van der Waals surface area contributed by atoms with Gasteiger partial charge in [0.25, 0.3) is 11.6 Å². The summed E-state index contributed by atoms with van der Waals surface area (Å²) in [6.45, 7) is 1.82. The van der Waals surface area contributed by atoms with Crippen LogP contribution in [0.5, 0.6) is 5.75 Å². The molecule has 0 saturated carbocycles. The van der Waals surface area contributed by atoms with Gasteiger partial charge >= 0.3 is 0 Å². The quantitative estimate of drug-likeness (QED) is 0.593. The molecular weight excluding hydrogens is 226 g/mol. The molecular formula is C10H9N3O4. The Bertz CT molecular complexity index is 521. The van der Waals surface area contributed by atoms with Gasteiger partial charge in [0.05, 0.1) is 4.92 Å². The van der Waals surface area contributed by atoms with Gasteiger partial charge in [-0.1, -0.05) is 0 Å². The Morgan fingerprint density at radius 1 is 1.35 bits per heavy atom. The van der Waals surface area contributed by atoms with E-state index >= 15 is 0 Å². The molecule has 0 aliphatic carbocycles. The number of nitrogens with zero attached hydrogens (tertiary/aromatic N) is 3. The molecule has 0 aliphatic rings. The van der Waals surface area contributed by atoms with Gasteiger partial charge in [0.2, 0.25) is 5.89 Å². The summed E-state index contributed by atoms with van der Waals surface area (Å²) in [5.41, 5.74) is 0.0194. The molecule has 0 bridgehead atoms. The summed E-state index contributed by atoms with van der Waals surface area (Å²) in [7, 11) is 0. The summed E-state index contributed by atoms with van der Waals surface area (Å²) in [6, 6.07) is 5.77. The third-order valence-electron chi connectivity index (χ3n) is 1.98. The minimum atomic E-state index is -0.467. The van der Waals surface area contributed by atoms with Crippen molar-refractivity contribution in [1.29, 1.82) is 0 Å². The molecule has 7 nitrogen and oxygen atoms in total. The van der Waals surface area contributed by atoms with Crippen LogP contribution in [0, 0.1) is 17.0 Å². The second kappa shape index (κ2) is 4.60. The largest absolute Gasteiger partial charge is 0.484 e. The fourth-order valence-electron chi connectivity index (χ4n) is 1.20. The smallest absolute Gasteiger partial charge is 0.269 e. The number of rotatable bonds is 4. The molecule has 0 aliphatic heterocycles. The summed E-state index contributed by atoms with van der Waals surface area (Å²) in [4.78, 5) is 9.96. The lowest BCUT2D eigenvalue weighted by Crippen LogP contribution is -1.96. The monoisotopic (exact) mass is 235 g/mol. The van der Waals surface area contributed by atoms with Crippen molar-refractivity contribution in [3.05, 3.63) is 46.2 Å². The van der Waals surface area contributed by atoms with E-state index in [-0.39, 0.29) is 12.3 Å². The van der Waals surface area contributed by atoms with Crippen LogP contribution in [0.25, 0.3) is 0 Å². The number of nitro groups is 1. The first-order valence-corrected chi connectivity index (χ1v) is 4.81. The standard InChI is InChI=1S/C10H9N3O4/c1-7-11-12-10(17-7)6-16-9-4-2-8(3-5-9)13(14)15/h2-5H,6H2,1H3. The lowest BCUT2D eigenvalue weighted by molar-refractivity contribution is -0.384. The first kappa shape index (κ1) is 11.1. The van der Waals surface area contributed by atoms with Gasteiger partial charge in [-0.25, -0.2) is 0 Å². The van der Waals surface area contributed by atoms with E-state index in [0.717, 1.165) is 0 Å². The van der Waals surface area contributed by atoms with Gasteiger partial charge < -0.3 is 9.15 Å². The highest BCUT2D eigenvalue weighted by Gasteiger charge is 2.06. The average molecular weight is 235 g/mol. The predicted molar refractivity (Wildman–Crippen MR) is 56.5 cm³/mol. The Hall–Kier alpha value is -2.44. The second-order valence-corrected chi connectivity index (χ2v) is 3.25. The van der Waals surface area contributed by atoms with Crippen molar-refractivity contribution < 1.29 is 14.1 Å². The highest BCUT2D eigenvalue weighted by molar-refractivity contribution is 5.35. The molecule has 0 fully saturated rings. The minimum absolute atomic E-state index is 0.0194. The van der Waals surface area contributed by atoms with Crippen molar-refractivity contribution in [2.75, 3.05) is 0 Å². The van der Waals surface area contributed by atoms with Gasteiger partial charge in [-0.05, 0) is 12.1 Å². The second-order valence-electron chi connectivity index (χ2n) is 3.25. The van der Waals surface area contributed by atoms with E-state index in [9.17, 15) is 10.1 Å². The molecule has 17 heavy (non-hydrogen) atoms. The zero-order valence-corrected chi connectivity index (χ0v) is 8.99. The van der Waals surface area contributed by atoms with Gasteiger partial charge in [-0.2, -0.15) is 0 Å². The number of hydrogen-bond acceptors (Lipinski definition) is 6. The maximum Gasteiger partial charge on any atom is 0.269 e. The number of hydrogen-bond donors (Lipinski definition) is 0. The van der Waals surface area contributed by atoms with Crippen LogP contribution in [0.3, 0.4) is 0 Å². The van der Waals surface area contributed by atoms with Gasteiger partial charge in [0.1, 0.15) is 5.75 Å². The van der Waals surface area contributed by atoms with Crippen molar-refractivity contribution in [1.82, 2.24) is 10.2 Å². The van der Waals surface area contributed by atoms with Crippen LogP contribution >= 0.6 is 0 Å². The van der Waals surface area contributed by atoms with Crippen LogP contribution in [-0.4, -0.2) is 15.1 Å². The SMILES string of the molecule is Cc1nnc(COc2ccc([N+](=O)[O-])cc2)o1. The lowest BCUT2D eigenvalue weighted by Gasteiger charge is -2.01. The van der Waals surface area contributed by atoms with Crippen molar-refractivity contribution in [3.8, 4) is 5.75 Å². The van der Waals surface area contributed by atoms with Crippen LogP contribution < -0.4 is 4.74 Å². The zero-order chi connectivity index (χ0) is 12.3. The maximum absolute atomic E-state index is 10.4. The summed E-state index contributed by atoms with van der Waals surface area (Å²) in [6.07, 6.45) is 0. The van der Waals surface area contributed by atoms with Crippen LogP contribution in [0.15, 0.2) is 28.7 Å². The number of aromatic nitrogens is 2. The van der Waals surface area contributed by atoms with Gasteiger partial charge in [-0.3, -0.25) is 10.1 Å². The highest BCUT2D eigenvalue weighted by atomic mass is 16.6. The number of nitro benzene ring substituents is 1. The molecule has 0 radical (unpaired) electrons. The van der Waals surface area contributed by atoms with Gasteiger partial charge in [0.15, 0.2) is 6.61 Å². The van der Waals surface area contributed by atoms with E-state index in [4.69, 9.17) is 9.15 Å². The van der Waals surface area contributed by atoms with E-state index in [1.807, 2.05) is 0 Å². The third kappa shape index (κ3) is 2.77. The average Bonchev–Trinajstić information content (AvgIpc) is 2.73. The molecule has 1 aromatic heterocycles. The molecule has 0 saturated heterocycles. The van der Waals surface area contributed by atoms with E-state index in [1.54, 1.807) is 6.92 Å². The Morgan fingerprint density at radius 3 is 2.59 bits per heavy atom. The Kier molecular flexibility index (Phi) is 2.99. The Morgan fingerprint density at radius 2 is 2.06 bits per heavy atom. The highest BCUT2D eigenvalue weighted by Crippen LogP contribution is 2.18. The van der Waals surface area contributed by atoms with Crippen LogP contribution in [-0.2, 0) is 6.61 Å². The van der Waals surface area contributed by atoms with Crippen molar-refractivity contribution in [2.45, 2.75) is 13.5 Å². The molecule has 0 spiro atoms. The first-order valence-electron chi connectivity index (χ1n) is 4.81. The summed E-state index contributed by atoms with van der Waals surface area (Å²) < 4.78 is 10.4. The molecule has 0 N–H and O–H groups in total. The van der Waals surface area contributed by atoms with E-state index < -0.39 is 4.92 Å². The van der Waals surface area contributed by atoms with E-state index in [1.165, 1.54) is 24.3 Å². The predicted octanol–water partition coefficient (Wildman–Crippen LogP) is 1.87. The normalized spacial score (nSPS) is 10.2. The summed E-state index contributed by atoms with van der Waals surface area (Å²) >= 11 is 0. The van der Waals surface area contributed by atoms with Crippen molar-refractivity contribution in [2.24, 2.45) is 0 Å². The van der Waals surface area contributed by atoms with E-state index in [2.05, 4.69) is 10.2 Å². The molecule has 2 rings (SSSR count). The fraction of sp³-hybridized carbons (Fsp3) is 0.200. The molecule has 0 unspecified atom stereocenters. The molecule has 1 heterocycles. The molecule has 0 amide bonds. The Balaban J connectivity index is 1.97. The first-order chi connectivity index (χ1) is 8.15. The molecule has 0 atom stereocenters. The number of aryl methyl sites for hydroxylation is 1. The molecule has 2 aromatic rings. The summed E-state index contributed by atoms with van der Waals surface area (Å²) in [5, 5.41) is 17.8. The van der Waals surface area contributed by atoms with Crippen molar-refractivity contribution >= 4 is 5.69 Å². The summed E-state index contributed by atoms with van der Waals surface area (Å²) in [5.74, 6) is 1.33. The van der Waals surface area contributed by atoms with Gasteiger partial charge in [0, 0.05) is 19.1 Å². The fourth-order valence-corrected chi connectivity index (χ4v) is 1.20. The minimum Gasteiger partial charge on any atom is -0.484 e. The lowest BCUT2D eigenvalue weighted by atomic mass is 10.3. The maximum atomic E-state index is 10.4. The molecule has 7 heteroatoms. The number of non-ortho nitro benzene ring substituents is 1. The van der Waals surface area contributed by atoms with Crippen LogP contribution in [0.4, 0.5) is 5.69 Å². The third-order valence-corrected chi connectivity index (χ3v) is 1.98. The Labute approximate surface area is 96.2 Å². The molecule has 88 valence electrons. The van der Waals surface area contributed by atoms with Crippen LogP contribution in [0.2, 0.25) is 0 Å². The van der Waals surface area contributed by atoms with E-state index in [0.29, 0.717) is 17.5 Å². The number of ether oxygens (including phenoxy) is 1. The van der Waals surface area contributed by atoms with Crippen LogP contribution in [0.1, 0.15) is 11.8 Å². The zero-order valence-electron chi connectivity index (χ0n) is 8.99. The topological polar surface area (TPSA) is 91.3 Å². The number of benzene rings is 1. The molecule has 1 aromatic carbocycles. The van der Waals surface area contributed by atoms with Gasteiger partial charge in [-0.15, -0.1) is 10.2 Å².